The van der Waals surface area contributed by atoms with Gasteiger partial charge in [-0.3, -0.25) is 14.6 Å². The second-order valence-electron chi connectivity index (χ2n) is 6.07. The predicted molar refractivity (Wildman–Crippen MR) is 93.6 cm³/mol. The molecule has 0 aromatic carbocycles. The smallest absolute Gasteiger partial charge is 0.253 e. The SMILES string of the molecule is O=C(/C=C/c1ccco1)NCC1CCN(C(=O)c2ccncc2)CC1. The van der Waals surface area contributed by atoms with Gasteiger partial charge in [-0.25, -0.2) is 0 Å². The van der Waals surface area contributed by atoms with Crippen LogP contribution in [0.5, 0.6) is 0 Å². The molecule has 3 rings (SSSR count). The lowest BCUT2D eigenvalue weighted by molar-refractivity contribution is -0.116. The fourth-order valence-electron chi connectivity index (χ4n) is 2.87. The first kappa shape index (κ1) is 17.0. The Morgan fingerprint density at radius 2 is 2.00 bits per heavy atom. The molecule has 0 radical (unpaired) electrons. The number of nitrogens with one attached hydrogen (secondary N) is 1. The lowest BCUT2D eigenvalue weighted by atomic mass is 9.96. The van der Waals surface area contributed by atoms with Crippen LogP contribution in [0.4, 0.5) is 0 Å². The van der Waals surface area contributed by atoms with E-state index in [0.717, 1.165) is 12.8 Å². The molecule has 1 N–H and O–H groups in total. The summed E-state index contributed by atoms with van der Waals surface area (Å²) in [6.45, 7) is 2.05. The molecule has 2 aromatic heterocycles. The highest BCUT2D eigenvalue weighted by molar-refractivity contribution is 5.94. The highest BCUT2D eigenvalue weighted by Gasteiger charge is 2.23. The number of piperidine rings is 1. The van der Waals surface area contributed by atoms with Gasteiger partial charge < -0.3 is 14.6 Å². The van der Waals surface area contributed by atoms with Crippen LogP contribution >= 0.6 is 0 Å². The molecular weight excluding hydrogens is 318 g/mol. The Balaban J connectivity index is 1.40. The first-order chi connectivity index (χ1) is 12.2. The Kier molecular flexibility index (Phi) is 5.61. The molecule has 0 aliphatic carbocycles. The van der Waals surface area contributed by atoms with Crippen LogP contribution < -0.4 is 5.32 Å². The number of amides is 2. The highest BCUT2D eigenvalue weighted by Crippen LogP contribution is 2.18. The number of hydrogen-bond donors (Lipinski definition) is 1. The average molecular weight is 339 g/mol. The fraction of sp³-hybridized carbons (Fsp3) is 0.316. The third-order valence-corrected chi connectivity index (χ3v) is 4.34. The molecule has 130 valence electrons. The van der Waals surface area contributed by atoms with Gasteiger partial charge in [0.15, 0.2) is 0 Å². The van der Waals surface area contributed by atoms with Crippen molar-refractivity contribution < 1.29 is 14.0 Å². The van der Waals surface area contributed by atoms with Gasteiger partial charge in [0.1, 0.15) is 5.76 Å². The molecule has 6 nitrogen and oxygen atoms in total. The normalized spacial score (nSPS) is 15.4. The topological polar surface area (TPSA) is 75.4 Å². The molecule has 25 heavy (non-hydrogen) atoms. The second-order valence-corrected chi connectivity index (χ2v) is 6.07. The third-order valence-electron chi connectivity index (χ3n) is 4.34. The van der Waals surface area contributed by atoms with Gasteiger partial charge in [-0.15, -0.1) is 0 Å². The lowest BCUT2D eigenvalue weighted by Crippen LogP contribution is -2.41. The van der Waals surface area contributed by atoms with E-state index in [1.54, 1.807) is 49.0 Å². The third kappa shape index (κ3) is 4.79. The Morgan fingerprint density at radius 1 is 1.24 bits per heavy atom. The fourth-order valence-corrected chi connectivity index (χ4v) is 2.87. The van der Waals surface area contributed by atoms with Crippen molar-refractivity contribution in [1.29, 1.82) is 0 Å². The number of likely N-dealkylation sites (tertiary alicyclic amines) is 1. The van der Waals surface area contributed by atoms with Crippen LogP contribution in [0.1, 0.15) is 29.0 Å². The van der Waals surface area contributed by atoms with E-state index >= 15 is 0 Å². The summed E-state index contributed by atoms with van der Waals surface area (Å²) in [7, 11) is 0. The van der Waals surface area contributed by atoms with E-state index < -0.39 is 0 Å². The van der Waals surface area contributed by atoms with E-state index in [-0.39, 0.29) is 11.8 Å². The average Bonchev–Trinajstić information content (AvgIpc) is 3.19. The number of nitrogens with zero attached hydrogens (tertiary/aromatic N) is 2. The van der Waals surface area contributed by atoms with Crippen LogP contribution in [-0.4, -0.2) is 41.3 Å². The van der Waals surface area contributed by atoms with E-state index in [1.165, 1.54) is 6.08 Å². The quantitative estimate of drug-likeness (QED) is 0.849. The van der Waals surface area contributed by atoms with Crippen LogP contribution in [-0.2, 0) is 4.79 Å². The monoisotopic (exact) mass is 339 g/mol. The number of aromatic nitrogens is 1. The predicted octanol–water partition coefficient (Wildman–Crippen LogP) is 2.36. The van der Waals surface area contributed by atoms with Crippen LogP contribution in [0, 0.1) is 5.92 Å². The zero-order chi connectivity index (χ0) is 17.5. The maximum Gasteiger partial charge on any atom is 0.253 e. The minimum atomic E-state index is -0.133. The van der Waals surface area contributed by atoms with E-state index in [4.69, 9.17) is 4.42 Å². The maximum absolute atomic E-state index is 12.4. The molecule has 1 fully saturated rings. The maximum atomic E-state index is 12.4. The van der Waals surface area contributed by atoms with Gasteiger partial charge in [0, 0.05) is 43.7 Å². The summed E-state index contributed by atoms with van der Waals surface area (Å²) in [5, 5.41) is 2.91. The van der Waals surface area contributed by atoms with Crippen molar-refractivity contribution in [3.05, 3.63) is 60.3 Å². The van der Waals surface area contributed by atoms with Crippen molar-refractivity contribution in [2.24, 2.45) is 5.92 Å². The molecule has 2 aromatic rings. The first-order valence-corrected chi connectivity index (χ1v) is 8.41. The lowest BCUT2D eigenvalue weighted by Gasteiger charge is -2.32. The van der Waals surface area contributed by atoms with E-state index in [2.05, 4.69) is 10.3 Å². The summed E-state index contributed by atoms with van der Waals surface area (Å²) in [4.78, 5) is 30.0. The molecule has 2 amide bonds. The molecule has 0 bridgehead atoms. The van der Waals surface area contributed by atoms with Crippen LogP contribution in [0.3, 0.4) is 0 Å². The van der Waals surface area contributed by atoms with Crippen LogP contribution in [0.15, 0.2) is 53.4 Å². The number of furan rings is 1. The molecule has 1 aliphatic rings. The van der Waals surface area contributed by atoms with Crippen molar-refractivity contribution in [3.63, 3.8) is 0 Å². The number of carbonyl (C=O) groups is 2. The summed E-state index contributed by atoms with van der Waals surface area (Å²) in [5.74, 6) is 0.957. The van der Waals surface area contributed by atoms with Gasteiger partial charge in [0.05, 0.1) is 6.26 Å². The molecule has 0 atom stereocenters. The second kappa shape index (κ2) is 8.28. The summed E-state index contributed by atoms with van der Waals surface area (Å²) in [6.07, 6.45) is 9.72. The molecule has 1 aliphatic heterocycles. The standard InChI is InChI=1S/C19H21N3O3/c23-18(4-3-17-2-1-13-25-17)21-14-15-7-11-22(12-8-15)19(24)16-5-9-20-10-6-16/h1-6,9-10,13,15H,7-8,11-12,14H2,(H,21,23)/b4-3+. The summed E-state index contributed by atoms with van der Waals surface area (Å²) >= 11 is 0. The molecule has 0 saturated carbocycles. The van der Waals surface area contributed by atoms with E-state index in [1.807, 2.05) is 4.90 Å². The van der Waals surface area contributed by atoms with Crippen molar-refractivity contribution in [2.45, 2.75) is 12.8 Å². The Labute approximate surface area is 146 Å². The molecule has 1 saturated heterocycles. The zero-order valence-electron chi connectivity index (χ0n) is 13.9. The highest BCUT2D eigenvalue weighted by atomic mass is 16.3. The van der Waals surface area contributed by atoms with Gasteiger partial charge in [-0.1, -0.05) is 0 Å². The molecule has 6 heteroatoms. The van der Waals surface area contributed by atoms with Gasteiger partial charge in [-0.05, 0) is 49.1 Å². The summed E-state index contributed by atoms with van der Waals surface area (Å²) in [6, 6.07) is 7.04. The van der Waals surface area contributed by atoms with Crippen molar-refractivity contribution >= 4 is 17.9 Å². The first-order valence-electron chi connectivity index (χ1n) is 8.41. The molecule has 0 unspecified atom stereocenters. The van der Waals surface area contributed by atoms with Crippen molar-refractivity contribution in [3.8, 4) is 0 Å². The number of rotatable bonds is 5. The van der Waals surface area contributed by atoms with Gasteiger partial charge in [0.2, 0.25) is 5.91 Å². The summed E-state index contributed by atoms with van der Waals surface area (Å²) in [5.41, 5.74) is 0.671. The van der Waals surface area contributed by atoms with Gasteiger partial charge >= 0.3 is 0 Å². The molecule has 3 heterocycles. The van der Waals surface area contributed by atoms with E-state index in [9.17, 15) is 9.59 Å². The Morgan fingerprint density at radius 3 is 2.68 bits per heavy atom. The van der Waals surface area contributed by atoms with Gasteiger partial charge in [-0.2, -0.15) is 0 Å². The minimum Gasteiger partial charge on any atom is -0.465 e. The molecular formula is C19H21N3O3. The van der Waals surface area contributed by atoms with Crippen LogP contribution in [0.25, 0.3) is 6.08 Å². The van der Waals surface area contributed by atoms with Crippen molar-refractivity contribution in [1.82, 2.24) is 15.2 Å². The summed E-state index contributed by atoms with van der Waals surface area (Å²) < 4.78 is 5.14. The van der Waals surface area contributed by atoms with E-state index in [0.29, 0.717) is 36.9 Å². The van der Waals surface area contributed by atoms with Crippen molar-refractivity contribution in [2.75, 3.05) is 19.6 Å². The Bertz CT molecular complexity index is 718. The Hall–Kier alpha value is -2.89. The number of pyridine rings is 1. The molecule has 0 spiro atoms. The van der Waals surface area contributed by atoms with Gasteiger partial charge in [0.25, 0.3) is 5.91 Å². The number of carbonyl (C=O) groups excluding carboxylic acids is 2. The largest absolute Gasteiger partial charge is 0.465 e. The zero-order valence-corrected chi connectivity index (χ0v) is 13.9. The van der Waals surface area contributed by atoms with Crippen LogP contribution in [0.2, 0.25) is 0 Å². The minimum absolute atomic E-state index is 0.0475. The number of hydrogen-bond acceptors (Lipinski definition) is 4.